The molecule has 0 aliphatic heterocycles. The SMILES string of the molecule is CCOC(=O)C1C(NC(=O)OCc2ccccc2)[C@H]2c3ccccc3[C@@H]1c1ccccc12. The van der Waals surface area contributed by atoms with Crippen molar-refractivity contribution in [3.63, 3.8) is 0 Å². The number of amides is 1. The molecule has 32 heavy (non-hydrogen) atoms. The Balaban J connectivity index is 1.50. The monoisotopic (exact) mass is 427 g/mol. The van der Waals surface area contributed by atoms with E-state index < -0.39 is 18.1 Å². The average Bonchev–Trinajstić information content (AvgIpc) is 2.83. The number of alkyl carbamates (subject to hydrolysis) is 1. The number of fused-ring (bicyclic) bond motifs is 1. The molecular weight excluding hydrogens is 402 g/mol. The molecule has 3 aliphatic carbocycles. The van der Waals surface area contributed by atoms with Crippen LogP contribution in [-0.2, 0) is 20.9 Å². The molecule has 0 spiro atoms. The lowest BCUT2D eigenvalue weighted by molar-refractivity contribution is -0.150. The van der Waals surface area contributed by atoms with Crippen molar-refractivity contribution < 1.29 is 19.1 Å². The highest BCUT2D eigenvalue weighted by molar-refractivity contribution is 5.81. The van der Waals surface area contributed by atoms with Crippen LogP contribution in [0.1, 0.15) is 46.6 Å². The minimum atomic E-state index is -0.532. The zero-order chi connectivity index (χ0) is 22.1. The average molecular weight is 428 g/mol. The second-order valence-corrected chi connectivity index (χ2v) is 8.22. The normalized spacial score (nSPS) is 22.4. The number of carbonyl (C=O) groups is 2. The molecule has 6 rings (SSSR count). The minimum absolute atomic E-state index is 0.147. The second kappa shape index (κ2) is 8.50. The summed E-state index contributed by atoms with van der Waals surface area (Å²) in [6.45, 7) is 2.27. The van der Waals surface area contributed by atoms with Gasteiger partial charge in [0.2, 0.25) is 0 Å². The second-order valence-electron chi connectivity index (χ2n) is 8.22. The summed E-state index contributed by atoms with van der Waals surface area (Å²) in [4.78, 5) is 26.0. The van der Waals surface area contributed by atoms with Gasteiger partial charge in [-0.05, 0) is 34.7 Å². The molecule has 0 fully saturated rings. The number of benzene rings is 3. The van der Waals surface area contributed by atoms with Crippen molar-refractivity contribution in [1.82, 2.24) is 5.32 Å². The van der Waals surface area contributed by atoms with E-state index in [1.807, 2.05) is 54.6 Å². The largest absolute Gasteiger partial charge is 0.466 e. The maximum Gasteiger partial charge on any atom is 0.407 e. The van der Waals surface area contributed by atoms with Crippen LogP contribution in [0.4, 0.5) is 4.79 Å². The van der Waals surface area contributed by atoms with E-state index in [-0.39, 0.29) is 24.4 Å². The molecule has 0 heterocycles. The molecule has 5 heteroatoms. The molecule has 0 aromatic heterocycles. The van der Waals surface area contributed by atoms with Gasteiger partial charge in [0.25, 0.3) is 0 Å². The van der Waals surface area contributed by atoms with Gasteiger partial charge in [0.15, 0.2) is 0 Å². The number of carbonyl (C=O) groups excluding carboxylic acids is 2. The first-order chi connectivity index (χ1) is 15.7. The summed E-state index contributed by atoms with van der Waals surface area (Å²) in [7, 11) is 0. The van der Waals surface area contributed by atoms with E-state index in [0.29, 0.717) is 6.61 Å². The van der Waals surface area contributed by atoms with Gasteiger partial charge in [-0.2, -0.15) is 0 Å². The fourth-order valence-corrected chi connectivity index (χ4v) is 5.27. The van der Waals surface area contributed by atoms with E-state index in [1.54, 1.807) is 6.92 Å². The van der Waals surface area contributed by atoms with Crippen LogP contribution in [0.3, 0.4) is 0 Å². The van der Waals surface area contributed by atoms with Gasteiger partial charge in [-0.15, -0.1) is 0 Å². The van der Waals surface area contributed by atoms with Crippen molar-refractivity contribution in [2.45, 2.75) is 31.4 Å². The van der Waals surface area contributed by atoms with Crippen LogP contribution < -0.4 is 5.32 Å². The van der Waals surface area contributed by atoms with Gasteiger partial charge in [-0.25, -0.2) is 4.79 Å². The highest BCUT2D eigenvalue weighted by Gasteiger charge is 2.53. The summed E-state index contributed by atoms with van der Waals surface area (Å²) >= 11 is 0. The third-order valence-corrected chi connectivity index (χ3v) is 6.49. The van der Waals surface area contributed by atoms with Gasteiger partial charge in [0.05, 0.1) is 18.6 Å². The van der Waals surface area contributed by atoms with Gasteiger partial charge in [0.1, 0.15) is 6.61 Å². The van der Waals surface area contributed by atoms with E-state index in [4.69, 9.17) is 9.47 Å². The van der Waals surface area contributed by atoms with Gasteiger partial charge in [-0.3, -0.25) is 4.79 Å². The lowest BCUT2D eigenvalue weighted by Crippen LogP contribution is -2.55. The van der Waals surface area contributed by atoms with E-state index in [0.717, 1.165) is 27.8 Å². The van der Waals surface area contributed by atoms with Crippen LogP contribution >= 0.6 is 0 Å². The van der Waals surface area contributed by atoms with Gasteiger partial charge in [0, 0.05) is 11.8 Å². The summed E-state index contributed by atoms with van der Waals surface area (Å²) in [5.74, 6) is -1.13. The van der Waals surface area contributed by atoms with Gasteiger partial charge < -0.3 is 14.8 Å². The molecule has 2 unspecified atom stereocenters. The zero-order valence-electron chi connectivity index (χ0n) is 17.9. The topological polar surface area (TPSA) is 64.6 Å². The Labute approximate surface area is 187 Å². The van der Waals surface area contributed by atoms with Gasteiger partial charge in [-0.1, -0.05) is 78.9 Å². The molecule has 0 saturated heterocycles. The molecule has 3 aliphatic rings. The quantitative estimate of drug-likeness (QED) is 0.597. The number of rotatable bonds is 5. The Morgan fingerprint density at radius 1 is 0.750 bits per heavy atom. The molecule has 162 valence electrons. The van der Waals surface area contributed by atoms with E-state index >= 15 is 0 Å². The lowest BCUT2D eigenvalue weighted by Gasteiger charge is -2.49. The standard InChI is InChI=1S/C27H25NO4/c1-2-31-26(29)24-22-18-12-6-8-14-20(18)23(21-15-9-7-13-19(21)22)25(24)28-27(30)32-16-17-10-4-3-5-11-17/h3-15,22-25H,2,16H2,1H3,(H,28,30)/t22-,23+,24?,25?. The van der Waals surface area contributed by atoms with Crippen LogP contribution in [-0.4, -0.2) is 24.7 Å². The van der Waals surface area contributed by atoms with E-state index in [1.165, 1.54) is 0 Å². The summed E-state index contributed by atoms with van der Waals surface area (Å²) < 4.78 is 11.0. The molecule has 0 saturated carbocycles. The highest BCUT2D eigenvalue weighted by Crippen LogP contribution is 2.55. The first-order valence-electron chi connectivity index (χ1n) is 11.0. The van der Waals surface area contributed by atoms with Crippen molar-refractivity contribution in [1.29, 1.82) is 0 Å². The zero-order valence-corrected chi connectivity index (χ0v) is 17.9. The van der Waals surface area contributed by atoms with Crippen molar-refractivity contribution in [2.75, 3.05) is 6.61 Å². The van der Waals surface area contributed by atoms with Crippen molar-refractivity contribution >= 4 is 12.1 Å². The Morgan fingerprint density at radius 2 is 1.28 bits per heavy atom. The summed E-state index contributed by atoms with van der Waals surface area (Å²) in [5.41, 5.74) is 5.45. The molecule has 1 amide bonds. The Hall–Kier alpha value is -3.60. The molecule has 3 aromatic rings. The van der Waals surface area contributed by atoms with E-state index in [2.05, 4.69) is 29.6 Å². The third-order valence-electron chi connectivity index (χ3n) is 6.49. The van der Waals surface area contributed by atoms with Crippen molar-refractivity contribution in [3.05, 3.63) is 107 Å². The first kappa shape index (κ1) is 20.3. The number of hydrogen-bond acceptors (Lipinski definition) is 4. The smallest absolute Gasteiger partial charge is 0.407 e. The molecule has 2 bridgehead atoms. The van der Waals surface area contributed by atoms with Gasteiger partial charge >= 0.3 is 12.1 Å². The Kier molecular flexibility index (Phi) is 5.39. The summed E-state index contributed by atoms with van der Waals surface area (Å²) in [5, 5.41) is 3.03. The van der Waals surface area contributed by atoms with Crippen LogP contribution in [0.25, 0.3) is 0 Å². The molecular formula is C27H25NO4. The van der Waals surface area contributed by atoms with Crippen LogP contribution in [0.15, 0.2) is 78.9 Å². The predicted octanol–water partition coefficient (Wildman–Crippen LogP) is 4.75. The minimum Gasteiger partial charge on any atom is -0.466 e. The van der Waals surface area contributed by atoms with Crippen LogP contribution in [0, 0.1) is 5.92 Å². The van der Waals surface area contributed by atoms with Crippen molar-refractivity contribution in [2.24, 2.45) is 5.92 Å². The number of hydrogen-bond donors (Lipinski definition) is 1. The van der Waals surface area contributed by atoms with E-state index in [9.17, 15) is 9.59 Å². The summed E-state index contributed by atoms with van der Waals surface area (Å²) in [6, 6.07) is 25.4. The summed E-state index contributed by atoms with van der Waals surface area (Å²) in [6.07, 6.45) is -0.532. The first-order valence-corrected chi connectivity index (χ1v) is 11.0. The molecule has 5 nitrogen and oxygen atoms in total. The van der Waals surface area contributed by atoms with Crippen LogP contribution in [0.5, 0.6) is 0 Å². The number of esters is 1. The number of nitrogens with one attached hydrogen (secondary N) is 1. The third kappa shape index (κ3) is 3.44. The molecule has 3 aromatic carbocycles. The number of ether oxygens (including phenoxy) is 2. The predicted molar refractivity (Wildman–Crippen MR) is 120 cm³/mol. The molecule has 1 N–H and O–H groups in total. The Bertz CT molecular complexity index is 1100. The fourth-order valence-electron chi connectivity index (χ4n) is 5.27. The molecule has 2 atom stereocenters. The molecule has 0 radical (unpaired) electrons. The fraction of sp³-hybridized carbons (Fsp3) is 0.259. The maximum atomic E-state index is 13.2. The highest BCUT2D eigenvalue weighted by atomic mass is 16.5. The van der Waals surface area contributed by atoms with Crippen LogP contribution in [0.2, 0.25) is 0 Å². The maximum absolute atomic E-state index is 13.2. The Morgan fingerprint density at radius 3 is 1.84 bits per heavy atom. The van der Waals surface area contributed by atoms with Crippen molar-refractivity contribution in [3.8, 4) is 0 Å². The lowest BCUT2D eigenvalue weighted by atomic mass is 9.56.